The summed E-state index contributed by atoms with van der Waals surface area (Å²) >= 11 is 0. The Kier molecular flexibility index (Phi) is 6.00. The fourth-order valence-electron chi connectivity index (χ4n) is 4.30. The van der Waals surface area contributed by atoms with Crippen molar-refractivity contribution in [3.05, 3.63) is 35.7 Å². The number of methoxy groups -OCH3 is 1. The van der Waals surface area contributed by atoms with Gasteiger partial charge in [-0.3, -0.25) is 9.48 Å². The Balaban J connectivity index is 1.74. The zero-order valence-electron chi connectivity index (χ0n) is 20.4. The summed E-state index contributed by atoms with van der Waals surface area (Å²) in [5, 5.41) is 11.9. The van der Waals surface area contributed by atoms with E-state index in [0.29, 0.717) is 29.0 Å². The van der Waals surface area contributed by atoms with Crippen molar-refractivity contribution in [3.63, 3.8) is 0 Å². The van der Waals surface area contributed by atoms with Crippen LogP contribution in [0.5, 0.6) is 6.01 Å². The summed E-state index contributed by atoms with van der Waals surface area (Å²) < 4.78 is 6.95. The van der Waals surface area contributed by atoms with Crippen molar-refractivity contribution in [2.24, 2.45) is 7.05 Å². The fraction of sp³-hybridized carbons (Fsp3) is 0.500. The lowest BCUT2D eigenvalue weighted by Crippen LogP contribution is -2.54. The van der Waals surface area contributed by atoms with Crippen LogP contribution in [0.15, 0.2) is 24.4 Å². The molecule has 1 fully saturated rings. The van der Waals surface area contributed by atoms with Crippen LogP contribution in [0.25, 0.3) is 10.9 Å². The van der Waals surface area contributed by atoms with Gasteiger partial charge in [-0.25, -0.2) is 4.98 Å². The van der Waals surface area contributed by atoms with Crippen LogP contribution in [0.3, 0.4) is 0 Å². The highest BCUT2D eigenvalue weighted by molar-refractivity contribution is 6.13. The Labute approximate surface area is 194 Å². The zero-order chi connectivity index (χ0) is 23.9. The maximum atomic E-state index is 13.4. The molecule has 4 rings (SSSR count). The molecule has 9 nitrogen and oxygen atoms in total. The third-order valence-corrected chi connectivity index (χ3v) is 5.92. The van der Waals surface area contributed by atoms with Gasteiger partial charge in [0.15, 0.2) is 0 Å². The van der Waals surface area contributed by atoms with Gasteiger partial charge in [0.2, 0.25) is 0 Å². The smallest absolute Gasteiger partial charge is 0.316 e. The SMILES string of the molecule is COc1ncc2c(N3CC(C)NC(C)C3)ccc(C(=O)Nc3cc(C(C)(C)C)nn3C)c2n1. The third-order valence-electron chi connectivity index (χ3n) is 5.92. The van der Waals surface area contributed by atoms with Gasteiger partial charge < -0.3 is 20.3 Å². The van der Waals surface area contributed by atoms with Gasteiger partial charge >= 0.3 is 6.01 Å². The molecule has 1 amide bonds. The van der Waals surface area contributed by atoms with Crippen LogP contribution in [0.1, 0.15) is 50.7 Å². The van der Waals surface area contributed by atoms with E-state index < -0.39 is 0 Å². The van der Waals surface area contributed by atoms with Crippen molar-refractivity contribution in [2.45, 2.75) is 52.1 Å². The number of aromatic nitrogens is 4. The average molecular weight is 452 g/mol. The number of piperazine rings is 1. The predicted octanol–water partition coefficient (Wildman–Crippen LogP) is 3.11. The van der Waals surface area contributed by atoms with Crippen molar-refractivity contribution >= 4 is 28.3 Å². The highest BCUT2D eigenvalue weighted by Gasteiger charge is 2.25. The molecule has 2 aromatic heterocycles. The van der Waals surface area contributed by atoms with Crippen molar-refractivity contribution in [1.29, 1.82) is 0 Å². The molecule has 2 unspecified atom stereocenters. The quantitative estimate of drug-likeness (QED) is 0.629. The molecule has 176 valence electrons. The molecule has 33 heavy (non-hydrogen) atoms. The molecule has 9 heteroatoms. The number of nitrogens with zero attached hydrogens (tertiary/aromatic N) is 5. The molecular weight excluding hydrogens is 418 g/mol. The number of amides is 1. The van der Waals surface area contributed by atoms with Crippen LogP contribution in [0.2, 0.25) is 0 Å². The van der Waals surface area contributed by atoms with Crippen LogP contribution in [0, 0.1) is 0 Å². The molecule has 1 aliphatic heterocycles. The van der Waals surface area contributed by atoms with Crippen molar-refractivity contribution in [2.75, 3.05) is 30.4 Å². The van der Waals surface area contributed by atoms with Crippen molar-refractivity contribution in [3.8, 4) is 6.01 Å². The molecule has 2 atom stereocenters. The Morgan fingerprint density at radius 2 is 1.91 bits per heavy atom. The molecule has 3 aromatic rings. The number of anilines is 2. The standard InChI is InChI=1S/C24H33N7O2/c1-14-12-31(13-15(2)26-14)18-9-8-16(21-17(18)11-25-23(28-21)33-7)22(32)27-20-10-19(24(3,4)5)29-30(20)6/h8-11,14-15,26H,12-13H2,1-7H3,(H,27,32). The lowest BCUT2D eigenvalue weighted by Gasteiger charge is -2.38. The topological polar surface area (TPSA) is 97.2 Å². The minimum absolute atomic E-state index is 0.118. The largest absolute Gasteiger partial charge is 0.467 e. The minimum atomic E-state index is -0.252. The molecule has 1 aliphatic rings. The second-order valence-electron chi connectivity index (χ2n) is 9.87. The first kappa shape index (κ1) is 23.0. The molecule has 0 radical (unpaired) electrons. The highest BCUT2D eigenvalue weighted by Crippen LogP contribution is 2.31. The maximum Gasteiger partial charge on any atom is 0.316 e. The minimum Gasteiger partial charge on any atom is -0.467 e. The van der Waals surface area contributed by atoms with Gasteiger partial charge in [-0.2, -0.15) is 10.1 Å². The molecule has 0 bridgehead atoms. The summed E-state index contributed by atoms with van der Waals surface area (Å²) in [6, 6.07) is 6.67. The zero-order valence-corrected chi connectivity index (χ0v) is 20.4. The van der Waals surface area contributed by atoms with Gasteiger partial charge in [0.05, 0.1) is 23.9 Å². The monoisotopic (exact) mass is 451 g/mol. The van der Waals surface area contributed by atoms with Gasteiger partial charge in [0.1, 0.15) is 5.82 Å². The molecule has 1 aromatic carbocycles. The molecule has 1 saturated heterocycles. The van der Waals surface area contributed by atoms with Gasteiger partial charge in [0.25, 0.3) is 5.91 Å². The first-order valence-corrected chi connectivity index (χ1v) is 11.3. The molecule has 0 aliphatic carbocycles. The van der Waals surface area contributed by atoms with Gasteiger partial charge in [-0.05, 0) is 26.0 Å². The van der Waals surface area contributed by atoms with E-state index in [-0.39, 0.29) is 17.3 Å². The summed E-state index contributed by atoms with van der Waals surface area (Å²) in [5.41, 5.74) is 2.83. The first-order chi connectivity index (χ1) is 15.6. The number of fused-ring (bicyclic) bond motifs is 1. The number of nitrogens with one attached hydrogen (secondary N) is 2. The van der Waals surface area contributed by atoms with E-state index in [0.717, 1.165) is 29.9 Å². The molecule has 0 saturated carbocycles. The summed E-state index contributed by atoms with van der Waals surface area (Å²) in [7, 11) is 3.35. The maximum absolute atomic E-state index is 13.4. The van der Waals surface area contributed by atoms with Crippen LogP contribution >= 0.6 is 0 Å². The molecule has 0 spiro atoms. The Morgan fingerprint density at radius 3 is 2.52 bits per heavy atom. The number of benzene rings is 1. The van der Waals surface area contributed by atoms with E-state index in [9.17, 15) is 4.79 Å². The summed E-state index contributed by atoms with van der Waals surface area (Å²) in [6.45, 7) is 12.3. The first-order valence-electron chi connectivity index (χ1n) is 11.3. The van der Waals surface area contributed by atoms with E-state index in [4.69, 9.17) is 4.74 Å². The van der Waals surface area contributed by atoms with Crippen molar-refractivity contribution in [1.82, 2.24) is 25.1 Å². The van der Waals surface area contributed by atoms with Crippen LogP contribution in [-0.2, 0) is 12.5 Å². The van der Waals surface area contributed by atoms with E-state index in [2.05, 4.69) is 65.2 Å². The van der Waals surface area contributed by atoms with E-state index in [1.807, 2.05) is 25.2 Å². The van der Waals surface area contributed by atoms with Gasteiger partial charge in [0, 0.05) is 61.0 Å². The predicted molar refractivity (Wildman–Crippen MR) is 130 cm³/mol. The van der Waals surface area contributed by atoms with Crippen LogP contribution in [0.4, 0.5) is 11.5 Å². The highest BCUT2D eigenvalue weighted by atomic mass is 16.5. The van der Waals surface area contributed by atoms with E-state index in [1.165, 1.54) is 7.11 Å². The second-order valence-corrected chi connectivity index (χ2v) is 9.87. The normalized spacial score (nSPS) is 19.1. The van der Waals surface area contributed by atoms with Crippen LogP contribution < -0.4 is 20.3 Å². The van der Waals surface area contributed by atoms with Gasteiger partial charge in [-0.1, -0.05) is 20.8 Å². The van der Waals surface area contributed by atoms with E-state index in [1.54, 1.807) is 10.9 Å². The summed E-state index contributed by atoms with van der Waals surface area (Å²) in [4.78, 5) is 24.6. The Bertz CT molecular complexity index is 1170. The second kappa shape index (κ2) is 8.62. The lowest BCUT2D eigenvalue weighted by atomic mass is 9.92. The lowest BCUT2D eigenvalue weighted by molar-refractivity contribution is 0.102. The number of carbonyl (C=O) groups excluding carboxylic acids is 1. The Morgan fingerprint density at radius 1 is 1.21 bits per heavy atom. The van der Waals surface area contributed by atoms with Crippen LogP contribution in [-0.4, -0.2) is 57.9 Å². The molecular formula is C24H33N7O2. The molecule has 3 heterocycles. The Hall–Kier alpha value is -3.20. The number of ether oxygens (including phenoxy) is 1. The number of hydrogen-bond acceptors (Lipinski definition) is 7. The summed E-state index contributed by atoms with van der Waals surface area (Å²) in [6.07, 6.45) is 1.74. The summed E-state index contributed by atoms with van der Waals surface area (Å²) in [5.74, 6) is 0.380. The average Bonchev–Trinajstić information content (AvgIpc) is 3.12. The fourth-order valence-corrected chi connectivity index (χ4v) is 4.30. The van der Waals surface area contributed by atoms with E-state index >= 15 is 0 Å². The number of carbonyl (C=O) groups is 1. The number of aryl methyl sites for hydroxylation is 1. The van der Waals surface area contributed by atoms with Gasteiger partial charge in [-0.15, -0.1) is 0 Å². The number of rotatable bonds is 4. The number of hydrogen-bond donors (Lipinski definition) is 2. The third kappa shape index (κ3) is 4.64. The van der Waals surface area contributed by atoms with Crippen molar-refractivity contribution < 1.29 is 9.53 Å². The molecule has 2 N–H and O–H groups in total.